The van der Waals surface area contributed by atoms with Crippen molar-refractivity contribution in [3.05, 3.63) is 59.2 Å². The summed E-state index contributed by atoms with van der Waals surface area (Å²) in [5, 5.41) is 7.92. The van der Waals surface area contributed by atoms with Gasteiger partial charge in [0.15, 0.2) is 16.6 Å². The molecule has 0 aliphatic carbocycles. The van der Waals surface area contributed by atoms with Crippen LogP contribution in [0.5, 0.6) is 11.5 Å². The summed E-state index contributed by atoms with van der Waals surface area (Å²) in [5.41, 5.74) is 5.96. The molecule has 0 unspecified atom stereocenters. The largest absolute Gasteiger partial charge is 0.493 e. The number of hydrazone groups is 1. The van der Waals surface area contributed by atoms with Gasteiger partial charge in [0.05, 0.1) is 26.5 Å². The summed E-state index contributed by atoms with van der Waals surface area (Å²) >= 11 is 5.31. The summed E-state index contributed by atoms with van der Waals surface area (Å²) in [4.78, 5) is 2.34. The number of nitrogens with one attached hydrogen (secondary N) is 2. The first kappa shape index (κ1) is 23.0. The molecular weight excluding hydrogens is 412 g/mol. The number of rotatable bonds is 9. The summed E-state index contributed by atoms with van der Waals surface area (Å²) in [7, 11) is 1.63. The van der Waals surface area contributed by atoms with E-state index in [0.29, 0.717) is 23.2 Å². The van der Waals surface area contributed by atoms with Gasteiger partial charge in [-0.15, -0.1) is 0 Å². The van der Waals surface area contributed by atoms with Gasteiger partial charge in [0.2, 0.25) is 0 Å². The predicted octanol–water partition coefficient (Wildman–Crippen LogP) is 2.71. The molecule has 1 saturated heterocycles. The Morgan fingerprint density at radius 1 is 1.23 bits per heavy atom. The van der Waals surface area contributed by atoms with Crippen LogP contribution < -0.4 is 20.2 Å². The number of para-hydroxylation sites is 1. The Balaban J connectivity index is 1.53. The van der Waals surface area contributed by atoms with Crippen molar-refractivity contribution in [3.8, 4) is 11.5 Å². The van der Waals surface area contributed by atoms with Crippen LogP contribution in [0.15, 0.2) is 47.6 Å². The van der Waals surface area contributed by atoms with Gasteiger partial charge in [-0.2, -0.15) is 5.10 Å². The number of ether oxygens (including phenoxy) is 3. The minimum atomic E-state index is 0.442. The fourth-order valence-corrected chi connectivity index (χ4v) is 3.41. The molecule has 0 amide bonds. The second kappa shape index (κ2) is 12.2. The lowest BCUT2D eigenvalue weighted by molar-refractivity contribution is 0.0389. The van der Waals surface area contributed by atoms with Crippen molar-refractivity contribution < 1.29 is 14.2 Å². The van der Waals surface area contributed by atoms with Crippen LogP contribution in [0.3, 0.4) is 0 Å². The van der Waals surface area contributed by atoms with Crippen molar-refractivity contribution in [3.63, 3.8) is 0 Å². The molecule has 2 aromatic carbocycles. The van der Waals surface area contributed by atoms with Gasteiger partial charge in [0.1, 0.15) is 6.61 Å². The number of benzene rings is 2. The lowest BCUT2D eigenvalue weighted by atomic mass is 10.1. The van der Waals surface area contributed by atoms with Crippen molar-refractivity contribution in [2.45, 2.75) is 13.5 Å². The summed E-state index contributed by atoms with van der Waals surface area (Å²) in [5.74, 6) is 1.30. The molecule has 0 spiro atoms. The van der Waals surface area contributed by atoms with Gasteiger partial charge in [-0.05, 0) is 36.8 Å². The molecule has 3 rings (SSSR count). The Morgan fingerprint density at radius 3 is 2.81 bits per heavy atom. The maximum Gasteiger partial charge on any atom is 0.187 e. The van der Waals surface area contributed by atoms with E-state index < -0.39 is 0 Å². The van der Waals surface area contributed by atoms with Crippen molar-refractivity contribution in [2.75, 3.05) is 46.5 Å². The number of morpholine rings is 1. The van der Waals surface area contributed by atoms with E-state index in [0.717, 1.165) is 50.5 Å². The van der Waals surface area contributed by atoms with Crippen LogP contribution in [-0.2, 0) is 11.3 Å². The Morgan fingerprint density at radius 2 is 2.03 bits per heavy atom. The number of aryl methyl sites for hydroxylation is 1. The molecule has 1 heterocycles. The number of thiocarbonyl (C=S) groups is 1. The Bertz CT molecular complexity index is 885. The second-order valence-corrected chi connectivity index (χ2v) is 7.64. The Labute approximate surface area is 189 Å². The first-order chi connectivity index (χ1) is 15.2. The zero-order valence-electron chi connectivity index (χ0n) is 18.1. The van der Waals surface area contributed by atoms with Crippen LogP contribution >= 0.6 is 12.2 Å². The molecule has 0 atom stereocenters. The van der Waals surface area contributed by atoms with E-state index >= 15 is 0 Å². The van der Waals surface area contributed by atoms with E-state index in [2.05, 4.69) is 39.8 Å². The lowest BCUT2D eigenvalue weighted by Gasteiger charge is -2.26. The highest BCUT2D eigenvalue weighted by atomic mass is 32.1. The molecular formula is C23H30N4O3S. The van der Waals surface area contributed by atoms with Gasteiger partial charge >= 0.3 is 0 Å². The molecule has 7 nitrogen and oxygen atoms in total. The van der Waals surface area contributed by atoms with E-state index in [1.165, 1.54) is 5.56 Å². The lowest BCUT2D eigenvalue weighted by Crippen LogP contribution is -2.42. The topological polar surface area (TPSA) is 67.4 Å². The van der Waals surface area contributed by atoms with Gasteiger partial charge in [-0.25, -0.2) is 0 Å². The molecule has 0 radical (unpaired) electrons. The first-order valence-electron chi connectivity index (χ1n) is 10.4. The third-order valence-electron chi connectivity index (χ3n) is 4.88. The maximum absolute atomic E-state index is 6.08. The van der Waals surface area contributed by atoms with E-state index in [-0.39, 0.29) is 0 Å². The zero-order valence-corrected chi connectivity index (χ0v) is 18.9. The summed E-state index contributed by atoms with van der Waals surface area (Å²) in [6, 6.07) is 13.9. The molecule has 1 fully saturated rings. The molecule has 166 valence electrons. The number of hydrogen-bond donors (Lipinski definition) is 2. The van der Waals surface area contributed by atoms with Gasteiger partial charge in [-0.1, -0.05) is 35.9 Å². The van der Waals surface area contributed by atoms with Crippen LogP contribution in [0.4, 0.5) is 0 Å². The molecule has 0 aromatic heterocycles. The fraction of sp³-hybridized carbons (Fsp3) is 0.391. The number of hydrogen-bond acceptors (Lipinski definition) is 6. The van der Waals surface area contributed by atoms with Crippen molar-refractivity contribution in [2.24, 2.45) is 5.10 Å². The average molecular weight is 443 g/mol. The highest BCUT2D eigenvalue weighted by Crippen LogP contribution is 2.30. The van der Waals surface area contributed by atoms with E-state index in [1.807, 2.05) is 30.3 Å². The highest BCUT2D eigenvalue weighted by molar-refractivity contribution is 7.80. The summed E-state index contributed by atoms with van der Waals surface area (Å²) in [6.45, 7) is 7.69. The molecule has 31 heavy (non-hydrogen) atoms. The normalized spacial score (nSPS) is 14.4. The first-order valence-corrected chi connectivity index (χ1v) is 10.8. The van der Waals surface area contributed by atoms with Gasteiger partial charge < -0.3 is 19.5 Å². The standard InChI is InChI=1S/C23H30N4O3S/c1-18-5-3-6-19(15-18)17-30-22-20(7-4-8-21(22)28-2)16-25-26-23(31)24-9-10-27-11-13-29-14-12-27/h3-8,15-16H,9-14,17H2,1-2H3,(H2,24,26,31)/b25-16+. The van der Waals surface area contributed by atoms with Crippen LogP contribution in [0.1, 0.15) is 16.7 Å². The zero-order chi connectivity index (χ0) is 21.9. The van der Waals surface area contributed by atoms with Crippen molar-refractivity contribution in [1.82, 2.24) is 15.6 Å². The quantitative estimate of drug-likeness (QED) is 0.352. The third kappa shape index (κ3) is 7.50. The minimum Gasteiger partial charge on any atom is -0.493 e. The molecule has 1 aliphatic heterocycles. The molecule has 1 aliphatic rings. The second-order valence-electron chi connectivity index (χ2n) is 7.24. The summed E-state index contributed by atoms with van der Waals surface area (Å²) < 4.78 is 16.9. The van der Waals surface area contributed by atoms with Gasteiger partial charge in [0.25, 0.3) is 0 Å². The van der Waals surface area contributed by atoms with Gasteiger partial charge in [-0.3, -0.25) is 10.3 Å². The van der Waals surface area contributed by atoms with Crippen LogP contribution in [0.2, 0.25) is 0 Å². The highest BCUT2D eigenvalue weighted by Gasteiger charge is 2.11. The molecule has 2 aromatic rings. The number of nitrogens with zero attached hydrogens (tertiary/aromatic N) is 2. The van der Waals surface area contributed by atoms with Crippen LogP contribution in [0.25, 0.3) is 0 Å². The van der Waals surface area contributed by atoms with E-state index in [1.54, 1.807) is 13.3 Å². The summed E-state index contributed by atoms with van der Waals surface area (Å²) in [6.07, 6.45) is 1.68. The smallest absolute Gasteiger partial charge is 0.187 e. The molecule has 0 bridgehead atoms. The average Bonchev–Trinajstić information content (AvgIpc) is 2.78. The maximum atomic E-state index is 6.08. The van der Waals surface area contributed by atoms with Crippen LogP contribution in [-0.4, -0.2) is 62.7 Å². The third-order valence-corrected chi connectivity index (χ3v) is 5.12. The fourth-order valence-electron chi connectivity index (χ4n) is 3.26. The minimum absolute atomic E-state index is 0.442. The van der Waals surface area contributed by atoms with Crippen LogP contribution in [0, 0.1) is 6.92 Å². The van der Waals surface area contributed by atoms with Crippen molar-refractivity contribution >= 4 is 23.5 Å². The molecule has 2 N–H and O–H groups in total. The van der Waals surface area contributed by atoms with Gasteiger partial charge in [0, 0.05) is 31.7 Å². The predicted molar refractivity (Wildman–Crippen MR) is 127 cm³/mol. The SMILES string of the molecule is COc1cccc(/C=N/NC(=S)NCCN2CCOCC2)c1OCc1cccc(C)c1. The molecule has 8 heteroatoms. The Hall–Kier alpha value is -2.68. The monoisotopic (exact) mass is 442 g/mol. The van der Waals surface area contributed by atoms with Crippen molar-refractivity contribution in [1.29, 1.82) is 0 Å². The Kier molecular flexibility index (Phi) is 9.08. The van der Waals surface area contributed by atoms with E-state index in [9.17, 15) is 0 Å². The molecule has 0 saturated carbocycles. The van der Waals surface area contributed by atoms with E-state index in [4.69, 9.17) is 26.4 Å². The number of methoxy groups -OCH3 is 1.